The van der Waals surface area contributed by atoms with Crippen LogP contribution >= 0.6 is 7.82 Å². The molecule has 8 atom stereocenters. The van der Waals surface area contributed by atoms with Crippen LogP contribution in [0.5, 0.6) is 0 Å². The fourth-order valence-corrected chi connectivity index (χ4v) is 7.94. The average Bonchev–Trinajstić information content (AvgIpc) is 3.20. The lowest BCUT2D eigenvalue weighted by Crippen LogP contribution is -2.64. The van der Waals surface area contributed by atoms with Gasteiger partial charge in [0.05, 0.1) is 6.61 Å². The maximum Gasteiger partial charge on any atom is 0.472 e. The first kappa shape index (κ1) is 54.3. The number of ether oxygens (including phenoxy) is 2. The molecule has 13 nitrogen and oxygen atoms in total. The fraction of sp³-hybridized carbons (Fsp3) is 0.864. The Morgan fingerprint density at radius 3 is 1.43 bits per heavy atom. The number of carbonyl (C=O) groups excluding carboxylic acids is 2. The summed E-state index contributed by atoms with van der Waals surface area (Å²) in [6.07, 6.45) is 22.7. The number of allylic oxidation sites excluding steroid dienone is 3. The first-order chi connectivity index (χ1) is 27.9. The third kappa shape index (κ3) is 27.2. The molecule has 1 aliphatic rings. The Kier molecular flexibility index (Phi) is 32.8. The van der Waals surface area contributed by atoms with Gasteiger partial charge >= 0.3 is 19.8 Å². The van der Waals surface area contributed by atoms with Gasteiger partial charge in [-0.05, 0) is 51.4 Å². The first-order valence-electron chi connectivity index (χ1n) is 22.6. The van der Waals surface area contributed by atoms with Crippen LogP contribution in [-0.4, -0.2) is 98.3 Å². The molecule has 0 amide bonds. The van der Waals surface area contributed by atoms with Crippen LogP contribution in [0.1, 0.15) is 187 Å². The Morgan fingerprint density at radius 2 is 0.966 bits per heavy atom. The van der Waals surface area contributed by atoms with Crippen molar-refractivity contribution in [3.05, 3.63) is 24.8 Å². The van der Waals surface area contributed by atoms with E-state index in [1.165, 1.54) is 83.5 Å². The van der Waals surface area contributed by atoms with Gasteiger partial charge in [-0.1, -0.05) is 141 Å². The highest BCUT2D eigenvalue weighted by Gasteiger charge is 2.51. The molecule has 58 heavy (non-hydrogen) atoms. The van der Waals surface area contributed by atoms with E-state index >= 15 is 0 Å². The van der Waals surface area contributed by atoms with E-state index in [-0.39, 0.29) is 12.8 Å². The summed E-state index contributed by atoms with van der Waals surface area (Å²) in [5.74, 6) is -1.11. The summed E-state index contributed by atoms with van der Waals surface area (Å²) in [4.78, 5) is 35.6. The van der Waals surface area contributed by atoms with E-state index in [1.54, 1.807) is 0 Å². The lowest BCUT2D eigenvalue weighted by Gasteiger charge is -2.41. The van der Waals surface area contributed by atoms with E-state index in [4.69, 9.17) is 18.5 Å². The van der Waals surface area contributed by atoms with Crippen molar-refractivity contribution in [2.75, 3.05) is 13.2 Å². The molecule has 0 aromatic carbocycles. The number of unbranched alkanes of at least 4 members (excludes halogenated alkanes) is 23. The molecule has 0 aromatic rings. The van der Waals surface area contributed by atoms with Gasteiger partial charge in [-0.25, -0.2) is 4.57 Å². The third-order valence-corrected chi connectivity index (χ3v) is 11.6. The van der Waals surface area contributed by atoms with E-state index in [2.05, 4.69) is 25.7 Å². The number of carbonyl (C=O) groups is 2. The number of esters is 2. The minimum absolute atomic E-state index is 0.0952. The van der Waals surface area contributed by atoms with Crippen LogP contribution in [0, 0.1) is 0 Å². The summed E-state index contributed by atoms with van der Waals surface area (Å²) >= 11 is 0. The van der Waals surface area contributed by atoms with Crippen molar-refractivity contribution < 1.29 is 63.1 Å². The zero-order valence-corrected chi connectivity index (χ0v) is 36.6. The van der Waals surface area contributed by atoms with Crippen molar-refractivity contribution in [2.24, 2.45) is 0 Å². The van der Waals surface area contributed by atoms with Gasteiger partial charge in [-0.2, -0.15) is 0 Å². The zero-order valence-electron chi connectivity index (χ0n) is 35.7. The lowest BCUT2D eigenvalue weighted by molar-refractivity contribution is -0.220. The number of hydrogen-bond acceptors (Lipinski definition) is 12. The van der Waals surface area contributed by atoms with Crippen LogP contribution in [-0.2, 0) is 32.7 Å². The number of phosphoric acid groups is 1. The van der Waals surface area contributed by atoms with E-state index in [9.17, 15) is 44.6 Å². The minimum Gasteiger partial charge on any atom is -0.462 e. The quantitative estimate of drug-likeness (QED) is 0.0149. The summed E-state index contributed by atoms with van der Waals surface area (Å²) in [5.41, 5.74) is 0. The number of hydrogen-bond donors (Lipinski definition) is 6. The molecule has 0 saturated heterocycles. The molecule has 1 aliphatic carbocycles. The lowest BCUT2D eigenvalue weighted by atomic mass is 9.85. The Morgan fingerprint density at radius 1 is 0.569 bits per heavy atom. The second-order valence-electron chi connectivity index (χ2n) is 16.0. The van der Waals surface area contributed by atoms with Crippen molar-refractivity contribution in [3.63, 3.8) is 0 Å². The molecule has 6 N–H and O–H groups in total. The van der Waals surface area contributed by atoms with Crippen LogP contribution in [0.3, 0.4) is 0 Å². The van der Waals surface area contributed by atoms with Gasteiger partial charge in [0.1, 0.15) is 43.2 Å². The standard InChI is InChI=1S/C44H81O13P/c1-3-5-7-9-11-13-15-17-19-21-23-25-27-29-31-33-38(46)56-36(35-55-58(52,53)57-44-42(50)40(48)39(47)41(49)43(44)51)34-54-37(45)32-30-28-26-24-22-20-18-16-14-12-10-8-6-4-2/h3,16,18,36,39-44,47-51H,1,4-15,17,19-35H2,2H3,(H,52,53)/b18-16+/t36-,39?,40+,41?,42?,43?,44?/m1/s1. The number of aliphatic hydroxyl groups is 5. The van der Waals surface area contributed by atoms with Gasteiger partial charge in [0, 0.05) is 12.8 Å². The summed E-state index contributed by atoms with van der Waals surface area (Å²) < 4.78 is 33.5. The van der Waals surface area contributed by atoms with Gasteiger partial charge in [-0.3, -0.25) is 18.6 Å². The monoisotopic (exact) mass is 849 g/mol. The third-order valence-electron chi connectivity index (χ3n) is 10.7. The highest BCUT2D eigenvalue weighted by molar-refractivity contribution is 7.47. The van der Waals surface area contributed by atoms with Crippen molar-refractivity contribution in [1.82, 2.24) is 0 Å². The Hall–Kier alpha value is -1.67. The van der Waals surface area contributed by atoms with Crippen LogP contribution in [0.25, 0.3) is 0 Å². The van der Waals surface area contributed by atoms with Gasteiger partial charge in [0.15, 0.2) is 6.10 Å². The second-order valence-corrected chi connectivity index (χ2v) is 17.4. The normalized spacial score (nSPS) is 22.5. The SMILES string of the molecule is C=CCCCCCCCCCCCCCCCC(=O)O[C@H](COC(=O)CCCCCCC/C=C/CCCCCCC)COP(=O)(O)OC1C(O)C(O)C(O)[C@H](O)C1O. The van der Waals surface area contributed by atoms with Crippen molar-refractivity contribution in [1.29, 1.82) is 0 Å². The van der Waals surface area contributed by atoms with Crippen molar-refractivity contribution in [3.8, 4) is 0 Å². The van der Waals surface area contributed by atoms with E-state index in [0.29, 0.717) is 12.8 Å². The Bertz CT molecular complexity index is 1110. The van der Waals surface area contributed by atoms with E-state index in [1.807, 2.05) is 6.08 Å². The fourth-order valence-electron chi connectivity index (χ4n) is 6.97. The van der Waals surface area contributed by atoms with Gasteiger partial charge in [-0.15, -0.1) is 6.58 Å². The molecule has 0 aliphatic heterocycles. The highest BCUT2D eigenvalue weighted by Crippen LogP contribution is 2.47. The van der Waals surface area contributed by atoms with E-state index < -0.39 is 75.7 Å². The van der Waals surface area contributed by atoms with Crippen LogP contribution in [0.2, 0.25) is 0 Å². The Balaban J connectivity index is 2.46. The minimum atomic E-state index is -5.11. The molecule has 0 heterocycles. The summed E-state index contributed by atoms with van der Waals surface area (Å²) in [6.45, 7) is 4.81. The van der Waals surface area contributed by atoms with Crippen LogP contribution < -0.4 is 0 Å². The molecule has 0 aromatic heterocycles. The van der Waals surface area contributed by atoms with Gasteiger partial charge in [0.25, 0.3) is 0 Å². The van der Waals surface area contributed by atoms with Crippen LogP contribution in [0.15, 0.2) is 24.8 Å². The molecular formula is C44H81O13P. The van der Waals surface area contributed by atoms with Gasteiger partial charge in [0.2, 0.25) is 0 Å². The maximum atomic E-state index is 12.8. The number of aliphatic hydroxyl groups excluding tert-OH is 5. The Labute approximate surface area is 349 Å². The molecular weight excluding hydrogens is 767 g/mol. The highest BCUT2D eigenvalue weighted by atomic mass is 31.2. The molecule has 6 unspecified atom stereocenters. The van der Waals surface area contributed by atoms with Crippen molar-refractivity contribution in [2.45, 2.75) is 229 Å². The predicted molar refractivity (Wildman–Crippen MR) is 226 cm³/mol. The smallest absolute Gasteiger partial charge is 0.462 e. The molecule has 14 heteroatoms. The number of rotatable bonds is 38. The number of phosphoric ester groups is 1. The topological polar surface area (TPSA) is 210 Å². The molecule has 340 valence electrons. The molecule has 0 bridgehead atoms. The maximum absolute atomic E-state index is 12.8. The molecule has 0 radical (unpaired) electrons. The summed E-state index contributed by atoms with van der Waals surface area (Å²) in [5, 5.41) is 50.1. The average molecular weight is 849 g/mol. The summed E-state index contributed by atoms with van der Waals surface area (Å²) in [6, 6.07) is 0. The molecule has 1 saturated carbocycles. The summed E-state index contributed by atoms with van der Waals surface area (Å²) in [7, 11) is -5.11. The second kappa shape index (κ2) is 35.0. The predicted octanol–water partition coefficient (Wildman–Crippen LogP) is 8.45. The molecule has 1 rings (SSSR count). The largest absolute Gasteiger partial charge is 0.472 e. The zero-order chi connectivity index (χ0) is 42.9. The van der Waals surface area contributed by atoms with Crippen LogP contribution in [0.4, 0.5) is 0 Å². The van der Waals surface area contributed by atoms with Gasteiger partial charge < -0.3 is 39.9 Å². The first-order valence-corrected chi connectivity index (χ1v) is 24.1. The molecule has 1 fully saturated rings. The van der Waals surface area contributed by atoms with E-state index in [0.717, 1.165) is 70.6 Å². The molecule has 0 spiro atoms. The van der Waals surface area contributed by atoms with Crippen molar-refractivity contribution >= 4 is 19.8 Å².